The van der Waals surface area contributed by atoms with Crippen LogP contribution in [0.4, 0.5) is 0 Å². The predicted octanol–water partition coefficient (Wildman–Crippen LogP) is 1.98. The van der Waals surface area contributed by atoms with E-state index in [-0.39, 0.29) is 17.7 Å². The maximum atomic E-state index is 12.4. The second kappa shape index (κ2) is 8.45. The van der Waals surface area contributed by atoms with Crippen molar-refractivity contribution in [3.05, 3.63) is 34.3 Å². The number of rotatable bonds is 5. The van der Waals surface area contributed by atoms with Gasteiger partial charge in [0.2, 0.25) is 5.91 Å². The number of benzene rings is 1. The van der Waals surface area contributed by atoms with Crippen molar-refractivity contribution in [2.45, 2.75) is 12.8 Å². The van der Waals surface area contributed by atoms with Crippen molar-refractivity contribution in [3.63, 3.8) is 0 Å². The van der Waals surface area contributed by atoms with Crippen LogP contribution in [0.2, 0.25) is 0 Å². The smallest absolute Gasteiger partial charge is 0.253 e. The molecular weight excluding hydrogens is 358 g/mol. The summed E-state index contributed by atoms with van der Waals surface area (Å²) in [5.41, 5.74) is 0.696. The minimum Gasteiger partial charge on any atom is -0.355 e. The molecule has 1 heterocycles. The third-order valence-electron chi connectivity index (χ3n) is 4.10. The standard InChI is InChI=1S/C17H24BrN3O2/c1-20(2)12-9-19-16(22)13-7-10-21(11-8-13)17(23)14-3-5-15(18)6-4-14/h3-6,13H,7-12H2,1-2H3,(H,19,22). The number of carbonyl (C=O) groups excluding carboxylic acids is 2. The summed E-state index contributed by atoms with van der Waals surface area (Å²) in [6, 6.07) is 7.40. The van der Waals surface area contributed by atoms with Gasteiger partial charge in [0, 0.05) is 42.1 Å². The number of likely N-dealkylation sites (tertiary alicyclic amines) is 1. The highest BCUT2D eigenvalue weighted by Crippen LogP contribution is 2.20. The van der Waals surface area contributed by atoms with Gasteiger partial charge in [-0.25, -0.2) is 0 Å². The number of likely N-dealkylation sites (N-methyl/N-ethyl adjacent to an activating group) is 1. The van der Waals surface area contributed by atoms with Crippen LogP contribution < -0.4 is 5.32 Å². The zero-order valence-electron chi connectivity index (χ0n) is 13.7. The van der Waals surface area contributed by atoms with E-state index in [9.17, 15) is 9.59 Å². The molecule has 5 nitrogen and oxygen atoms in total. The summed E-state index contributed by atoms with van der Waals surface area (Å²) in [5.74, 6) is 0.178. The largest absolute Gasteiger partial charge is 0.355 e. The van der Waals surface area contributed by atoms with Gasteiger partial charge in [-0.05, 0) is 51.2 Å². The van der Waals surface area contributed by atoms with Crippen LogP contribution in [-0.4, -0.2) is 61.9 Å². The van der Waals surface area contributed by atoms with Crippen LogP contribution in [0.5, 0.6) is 0 Å². The Hall–Kier alpha value is -1.40. The molecule has 1 aliphatic heterocycles. The number of hydrogen-bond donors (Lipinski definition) is 1. The Balaban J connectivity index is 1.80. The first-order valence-corrected chi connectivity index (χ1v) is 8.74. The van der Waals surface area contributed by atoms with Gasteiger partial charge in [0.1, 0.15) is 0 Å². The molecule has 0 aliphatic carbocycles. The minimum absolute atomic E-state index is 0.0196. The Bertz CT molecular complexity index is 537. The van der Waals surface area contributed by atoms with E-state index in [1.807, 2.05) is 48.2 Å². The van der Waals surface area contributed by atoms with Crippen LogP contribution in [-0.2, 0) is 4.79 Å². The van der Waals surface area contributed by atoms with Crippen LogP contribution in [0.15, 0.2) is 28.7 Å². The van der Waals surface area contributed by atoms with Gasteiger partial charge in [0.25, 0.3) is 5.91 Å². The second-order valence-electron chi connectivity index (χ2n) is 6.17. The van der Waals surface area contributed by atoms with Gasteiger partial charge in [0.15, 0.2) is 0 Å². The fourth-order valence-electron chi connectivity index (χ4n) is 2.67. The van der Waals surface area contributed by atoms with E-state index in [4.69, 9.17) is 0 Å². The molecule has 1 aromatic rings. The number of nitrogens with zero attached hydrogens (tertiary/aromatic N) is 2. The molecule has 0 atom stereocenters. The zero-order chi connectivity index (χ0) is 16.8. The first kappa shape index (κ1) is 17.9. The first-order chi connectivity index (χ1) is 11.0. The Labute approximate surface area is 146 Å². The number of hydrogen-bond acceptors (Lipinski definition) is 3. The molecule has 1 aromatic carbocycles. The Kier molecular flexibility index (Phi) is 6.59. The van der Waals surface area contributed by atoms with Gasteiger partial charge in [-0.15, -0.1) is 0 Å². The molecule has 1 fully saturated rings. The topological polar surface area (TPSA) is 52.7 Å². The number of piperidine rings is 1. The van der Waals surface area contributed by atoms with Crippen LogP contribution >= 0.6 is 15.9 Å². The van der Waals surface area contributed by atoms with E-state index in [2.05, 4.69) is 21.2 Å². The van der Waals surface area contributed by atoms with Gasteiger partial charge in [-0.3, -0.25) is 9.59 Å². The molecule has 2 rings (SSSR count). The van der Waals surface area contributed by atoms with Gasteiger partial charge in [-0.2, -0.15) is 0 Å². The predicted molar refractivity (Wildman–Crippen MR) is 94.3 cm³/mol. The molecule has 0 aromatic heterocycles. The summed E-state index contributed by atoms with van der Waals surface area (Å²) in [5, 5.41) is 2.98. The fourth-order valence-corrected chi connectivity index (χ4v) is 2.93. The van der Waals surface area contributed by atoms with Crippen molar-refractivity contribution in [1.82, 2.24) is 15.1 Å². The molecule has 1 aliphatic rings. The molecular formula is C17H24BrN3O2. The van der Waals surface area contributed by atoms with E-state index >= 15 is 0 Å². The van der Waals surface area contributed by atoms with Crippen molar-refractivity contribution in [1.29, 1.82) is 0 Å². The molecule has 1 saturated heterocycles. The molecule has 0 bridgehead atoms. The van der Waals surface area contributed by atoms with E-state index in [0.29, 0.717) is 25.2 Å². The van der Waals surface area contributed by atoms with Gasteiger partial charge < -0.3 is 15.1 Å². The summed E-state index contributed by atoms with van der Waals surface area (Å²) < 4.78 is 0.960. The van der Waals surface area contributed by atoms with Crippen molar-refractivity contribution >= 4 is 27.7 Å². The maximum Gasteiger partial charge on any atom is 0.253 e. The fraction of sp³-hybridized carbons (Fsp3) is 0.529. The summed E-state index contributed by atoms with van der Waals surface area (Å²) in [7, 11) is 3.97. The zero-order valence-corrected chi connectivity index (χ0v) is 15.3. The van der Waals surface area contributed by atoms with Crippen LogP contribution in [0, 0.1) is 5.92 Å². The Morgan fingerprint density at radius 2 is 1.83 bits per heavy atom. The molecule has 1 N–H and O–H groups in total. The summed E-state index contributed by atoms with van der Waals surface area (Å²) in [4.78, 5) is 28.4. The van der Waals surface area contributed by atoms with E-state index in [0.717, 1.165) is 23.9 Å². The average molecular weight is 382 g/mol. The van der Waals surface area contributed by atoms with Crippen LogP contribution in [0.1, 0.15) is 23.2 Å². The van der Waals surface area contributed by atoms with Gasteiger partial charge >= 0.3 is 0 Å². The second-order valence-corrected chi connectivity index (χ2v) is 7.08. The third-order valence-corrected chi connectivity index (χ3v) is 4.63. The number of carbonyl (C=O) groups is 2. The summed E-state index contributed by atoms with van der Waals surface area (Å²) >= 11 is 3.37. The lowest BCUT2D eigenvalue weighted by Crippen LogP contribution is -2.44. The minimum atomic E-state index is 0.0196. The van der Waals surface area contributed by atoms with Crippen molar-refractivity contribution in [3.8, 4) is 0 Å². The first-order valence-electron chi connectivity index (χ1n) is 7.94. The third kappa shape index (κ3) is 5.32. The van der Waals surface area contributed by atoms with Crippen molar-refractivity contribution in [2.75, 3.05) is 40.3 Å². The lowest BCUT2D eigenvalue weighted by Gasteiger charge is -2.31. The van der Waals surface area contributed by atoms with Gasteiger partial charge in [-0.1, -0.05) is 15.9 Å². The highest BCUT2D eigenvalue weighted by atomic mass is 79.9. The normalized spacial score (nSPS) is 15.7. The van der Waals surface area contributed by atoms with E-state index in [1.54, 1.807) is 0 Å². The SMILES string of the molecule is CN(C)CCNC(=O)C1CCN(C(=O)c2ccc(Br)cc2)CC1. The lowest BCUT2D eigenvalue weighted by molar-refractivity contribution is -0.126. The number of amides is 2. The van der Waals surface area contributed by atoms with Gasteiger partial charge in [0.05, 0.1) is 0 Å². The molecule has 126 valence electrons. The average Bonchev–Trinajstić information content (AvgIpc) is 2.54. The highest BCUT2D eigenvalue weighted by molar-refractivity contribution is 9.10. The highest BCUT2D eigenvalue weighted by Gasteiger charge is 2.27. The Morgan fingerprint density at radius 1 is 1.22 bits per heavy atom. The maximum absolute atomic E-state index is 12.4. The molecule has 0 spiro atoms. The summed E-state index contributed by atoms with van der Waals surface area (Å²) in [6.07, 6.45) is 1.46. The molecule has 2 amide bonds. The van der Waals surface area contributed by atoms with Crippen molar-refractivity contribution < 1.29 is 9.59 Å². The summed E-state index contributed by atoms with van der Waals surface area (Å²) in [6.45, 7) is 2.79. The molecule has 6 heteroatoms. The van der Waals surface area contributed by atoms with E-state index < -0.39 is 0 Å². The number of halogens is 1. The quantitative estimate of drug-likeness (QED) is 0.848. The molecule has 0 unspecified atom stereocenters. The lowest BCUT2D eigenvalue weighted by atomic mass is 9.95. The monoisotopic (exact) mass is 381 g/mol. The van der Waals surface area contributed by atoms with Crippen molar-refractivity contribution in [2.24, 2.45) is 5.92 Å². The van der Waals surface area contributed by atoms with Crippen LogP contribution in [0.25, 0.3) is 0 Å². The molecule has 23 heavy (non-hydrogen) atoms. The number of nitrogens with one attached hydrogen (secondary N) is 1. The van der Waals surface area contributed by atoms with Crippen LogP contribution in [0.3, 0.4) is 0 Å². The molecule has 0 saturated carbocycles. The van der Waals surface area contributed by atoms with E-state index in [1.165, 1.54) is 0 Å². The molecule has 0 radical (unpaired) electrons. The Morgan fingerprint density at radius 3 is 2.39 bits per heavy atom.